The monoisotopic (exact) mass is 165 g/mol. The Morgan fingerprint density at radius 1 is 1.70 bits per heavy atom. The minimum Gasteiger partial charge on any atom is -0.384 e. The van der Waals surface area contributed by atoms with Gasteiger partial charge in [-0.1, -0.05) is 0 Å². The standard InChI is InChI=1S/C6H15NO2S/c1-6(7)5-10(8)4-3-9-2/h6H,3-5,7H2,1-2H3. The van der Waals surface area contributed by atoms with Crippen molar-refractivity contribution >= 4 is 10.8 Å². The highest BCUT2D eigenvalue weighted by molar-refractivity contribution is 7.85. The van der Waals surface area contributed by atoms with Crippen LogP contribution < -0.4 is 5.73 Å². The lowest BCUT2D eigenvalue weighted by Crippen LogP contribution is -2.24. The van der Waals surface area contributed by atoms with Gasteiger partial charge in [-0.25, -0.2) is 0 Å². The highest BCUT2D eigenvalue weighted by atomic mass is 32.2. The predicted octanol–water partition coefficient (Wildman–Crippen LogP) is -0.271. The molecule has 0 aromatic heterocycles. The average molecular weight is 165 g/mol. The second kappa shape index (κ2) is 5.82. The molecule has 0 heterocycles. The van der Waals surface area contributed by atoms with Gasteiger partial charge in [0.1, 0.15) is 0 Å². The molecule has 62 valence electrons. The number of hydrogen-bond acceptors (Lipinski definition) is 3. The number of ether oxygens (including phenoxy) is 1. The second-order valence-electron chi connectivity index (χ2n) is 2.28. The van der Waals surface area contributed by atoms with Crippen molar-refractivity contribution in [2.45, 2.75) is 13.0 Å². The molecular weight excluding hydrogens is 150 g/mol. The Morgan fingerprint density at radius 3 is 2.70 bits per heavy atom. The summed E-state index contributed by atoms with van der Waals surface area (Å²) in [5, 5.41) is 0. The SMILES string of the molecule is COCCS(=O)CC(C)N. The van der Waals surface area contributed by atoms with Gasteiger partial charge in [-0.15, -0.1) is 0 Å². The summed E-state index contributed by atoms with van der Waals surface area (Å²) in [5.74, 6) is 1.17. The molecule has 0 fully saturated rings. The summed E-state index contributed by atoms with van der Waals surface area (Å²) in [6.45, 7) is 2.41. The fourth-order valence-electron chi connectivity index (χ4n) is 0.553. The van der Waals surface area contributed by atoms with Gasteiger partial charge in [0, 0.05) is 35.5 Å². The summed E-state index contributed by atoms with van der Waals surface area (Å²) in [7, 11) is 0.800. The summed E-state index contributed by atoms with van der Waals surface area (Å²) in [6, 6.07) is 0.0256. The molecule has 0 rings (SSSR count). The molecule has 2 N–H and O–H groups in total. The lowest BCUT2D eigenvalue weighted by molar-refractivity contribution is 0.218. The Labute approximate surface area is 64.4 Å². The van der Waals surface area contributed by atoms with Crippen LogP contribution in [0, 0.1) is 0 Å². The predicted molar refractivity (Wildman–Crippen MR) is 43.4 cm³/mol. The van der Waals surface area contributed by atoms with Crippen LogP contribution >= 0.6 is 0 Å². The summed E-state index contributed by atoms with van der Waals surface area (Å²) in [6.07, 6.45) is 0. The normalized spacial score (nSPS) is 16.7. The first kappa shape index (κ1) is 10.1. The molecule has 0 aromatic carbocycles. The van der Waals surface area contributed by atoms with Gasteiger partial charge in [0.15, 0.2) is 0 Å². The molecular formula is C6H15NO2S. The molecule has 0 aromatic rings. The maximum absolute atomic E-state index is 11.0. The van der Waals surface area contributed by atoms with Gasteiger partial charge in [0.05, 0.1) is 6.61 Å². The molecule has 0 saturated heterocycles. The molecule has 2 atom stereocenters. The van der Waals surface area contributed by atoms with Crippen LogP contribution in [0.25, 0.3) is 0 Å². The first-order valence-corrected chi connectivity index (χ1v) is 4.75. The van der Waals surface area contributed by atoms with Crippen molar-refractivity contribution in [3.63, 3.8) is 0 Å². The van der Waals surface area contributed by atoms with Crippen LogP contribution in [0.1, 0.15) is 6.92 Å². The van der Waals surface area contributed by atoms with E-state index in [4.69, 9.17) is 10.5 Å². The van der Waals surface area contributed by atoms with Crippen molar-refractivity contribution in [3.05, 3.63) is 0 Å². The third-order valence-electron chi connectivity index (χ3n) is 0.964. The van der Waals surface area contributed by atoms with Crippen LogP contribution in [0.4, 0.5) is 0 Å². The maximum Gasteiger partial charge on any atom is 0.0577 e. The van der Waals surface area contributed by atoms with Crippen LogP contribution in [-0.4, -0.2) is 35.5 Å². The van der Waals surface area contributed by atoms with E-state index in [2.05, 4.69) is 0 Å². The quantitative estimate of drug-likeness (QED) is 0.610. The van der Waals surface area contributed by atoms with Crippen molar-refractivity contribution in [1.82, 2.24) is 0 Å². The molecule has 10 heavy (non-hydrogen) atoms. The molecule has 0 radical (unpaired) electrons. The fraction of sp³-hybridized carbons (Fsp3) is 1.00. The van der Waals surface area contributed by atoms with E-state index < -0.39 is 10.8 Å². The summed E-state index contributed by atoms with van der Waals surface area (Å²) >= 11 is 0. The van der Waals surface area contributed by atoms with E-state index >= 15 is 0 Å². The Balaban J connectivity index is 3.26. The Morgan fingerprint density at radius 2 is 2.30 bits per heavy atom. The van der Waals surface area contributed by atoms with Crippen LogP contribution in [0.5, 0.6) is 0 Å². The minimum atomic E-state index is -0.800. The largest absolute Gasteiger partial charge is 0.384 e. The third-order valence-corrected chi connectivity index (χ3v) is 2.48. The molecule has 0 aliphatic heterocycles. The molecule has 0 aliphatic rings. The first-order valence-electron chi connectivity index (χ1n) is 3.26. The van der Waals surface area contributed by atoms with E-state index in [1.165, 1.54) is 0 Å². The zero-order valence-corrected chi connectivity index (χ0v) is 7.32. The van der Waals surface area contributed by atoms with Crippen molar-refractivity contribution in [2.24, 2.45) is 5.73 Å². The first-order chi connectivity index (χ1) is 4.66. The van der Waals surface area contributed by atoms with Crippen LogP contribution in [-0.2, 0) is 15.5 Å². The average Bonchev–Trinajstić information content (AvgIpc) is 1.82. The Hall–Kier alpha value is 0.0700. The van der Waals surface area contributed by atoms with E-state index in [1.54, 1.807) is 7.11 Å². The van der Waals surface area contributed by atoms with Crippen LogP contribution in [0.2, 0.25) is 0 Å². The van der Waals surface area contributed by atoms with Crippen molar-refractivity contribution in [3.8, 4) is 0 Å². The maximum atomic E-state index is 11.0. The molecule has 2 unspecified atom stereocenters. The van der Waals surface area contributed by atoms with Crippen LogP contribution in [0.15, 0.2) is 0 Å². The highest BCUT2D eigenvalue weighted by Gasteiger charge is 2.01. The zero-order valence-electron chi connectivity index (χ0n) is 6.50. The number of nitrogens with two attached hydrogens (primary N) is 1. The van der Waals surface area contributed by atoms with Crippen LogP contribution in [0.3, 0.4) is 0 Å². The molecule has 0 bridgehead atoms. The second-order valence-corrected chi connectivity index (χ2v) is 3.90. The Kier molecular flexibility index (Phi) is 5.87. The fourth-order valence-corrected chi connectivity index (χ4v) is 1.66. The van der Waals surface area contributed by atoms with E-state index in [0.717, 1.165) is 0 Å². The third kappa shape index (κ3) is 6.19. The van der Waals surface area contributed by atoms with Crippen molar-refractivity contribution < 1.29 is 8.95 Å². The molecule has 0 saturated carbocycles. The Bertz CT molecular complexity index is 106. The molecule has 4 heteroatoms. The number of methoxy groups -OCH3 is 1. The van der Waals surface area contributed by atoms with Gasteiger partial charge in [-0.3, -0.25) is 4.21 Å². The smallest absolute Gasteiger partial charge is 0.0577 e. The molecule has 0 aliphatic carbocycles. The highest BCUT2D eigenvalue weighted by Crippen LogP contribution is 1.85. The topological polar surface area (TPSA) is 52.3 Å². The van der Waals surface area contributed by atoms with E-state index in [0.29, 0.717) is 18.1 Å². The van der Waals surface area contributed by atoms with Crippen molar-refractivity contribution in [1.29, 1.82) is 0 Å². The zero-order chi connectivity index (χ0) is 7.98. The minimum absolute atomic E-state index is 0.0256. The van der Waals surface area contributed by atoms with Gasteiger partial charge in [0.25, 0.3) is 0 Å². The van der Waals surface area contributed by atoms with Gasteiger partial charge in [0.2, 0.25) is 0 Å². The summed E-state index contributed by atoms with van der Waals surface area (Å²) in [5.41, 5.74) is 5.43. The van der Waals surface area contributed by atoms with Gasteiger partial charge < -0.3 is 10.5 Å². The number of hydrogen-bond donors (Lipinski definition) is 1. The van der Waals surface area contributed by atoms with E-state index in [1.807, 2.05) is 6.92 Å². The lowest BCUT2D eigenvalue weighted by atomic mass is 10.4. The molecule has 0 amide bonds. The van der Waals surface area contributed by atoms with Gasteiger partial charge in [-0.05, 0) is 6.92 Å². The summed E-state index contributed by atoms with van der Waals surface area (Å²) in [4.78, 5) is 0. The molecule has 0 spiro atoms. The van der Waals surface area contributed by atoms with Gasteiger partial charge >= 0.3 is 0 Å². The summed E-state index contributed by atoms with van der Waals surface area (Å²) < 4.78 is 15.7. The lowest BCUT2D eigenvalue weighted by Gasteiger charge is -2.03. The van der Waals surface area contributed by atoms with E-state index in [9.17, 15) is 4.21 Å². The van der Waals surface area contributed by atoms with Gasteiger partial charge in [-0.2, -0.15) is 0 Å². The number of rotatable bonds is 5. The molecule has 3 nitrogen and oxygen atoms in total. The van der Waals surface area contributed by atoms with Crippen molar-refractivity contribution in [2.75, 3.05) is 25.2 Å². The van der Waals surface area contributed by atoms with E-state index in [-0.39, 0.29) is 6.04 Å².